The molecule has 102 valence electrons. The SMILES string of the molecule is C[C@@H]1CNCCN1c1ccc(C(F)(F)F)cc1.Cl. The second-order valence-electron chi connectivity index (χ2n) is 4.29. The fourth-order valence-corrected chi connectivity index (χ4v) is 2.07. The Kier molecular flexibility index (Phi) is 4.87. The average molecular weight is 281 g/mol. The number of hydrogen-bond donors (Lipinski definition) is 1. The monoisotopic (exact) mass is 280 g/mol. The largest absolute Gasteiger partial charge is 0.416 e. The summed E-state index contributed by atoms with van der Waals surface area (Å²) in [4.78, 5) is 2.12. The van der Waals surface area contributed by atoms with E-state index in [1.807, 2.05) is 0 Å². The Labute approximate surface area is 111 Å². The van der Waals surface area contributed by atoms with Crippen LogP contribution in [0.3, 0.4) is 0 Å². The van der Waals surface area contributed by atoms with E-state index in [2.05, 4.69) is 17.1 Å². The number of halogens is 4. The van der Waals surface area contributed by atoms with Crippen LogP contribution in [0.2, 0.25) is 0 Å². The van der Waals surface area contributed by atoms with Gasteiger partial charge in [0.25, 0.3) is 0 Å². The van der Waals surface area contributed by atoms with Crippen LogP contribution in [-0.2, 0) is 6.18 Å². The molecule has 0 spiro atoms. The first kappa shape index (κ1) is 15.1. The molecule has 1 aromatic carbocycles. The van der Waals surface area contributed by atoms with Crippen LogP contribution in [0.1, 0.15) is 12.5 Å². The molecule has 0 aromatic heterocycles. The van der Waals surface area contributed by atoms with Gasteiger partial charge in [0.15, 0.2) is 0 Å². The van der Waals surface area contributed by atoms with Crippen molar-refractivity contribution in [2.45, 2.75) is 19.1 Å². The minimum Gasteiger partial charge on any atom is -0.366 e. The van der Waals surface area contributed by atoms with Crippen molar-refractivity contribution >= 4 is 18.1 Å². The summed E-state index contributed by atoms with van der Waals surface area (Å²) in [6.45, 7) is 4.61. The molecule has 1 saturated heterocycles. The van der Waals surface area contributed by atoms with Crippen LogP contribution in [0.15, 0.2) is 24.3 Å². The predicted octanol–water partition coefficient (Wildman–Crippen LogP) is 2.93. The third kappa shape index (κ3) is 3.29. The summed E-state index contributed by atoms with van der Waals surface area (Å²) >= 11 is 0. The zero-order valence-corrected chi connectivity index (χ0v) is 10.8. The Morgan fingerprint density at radius 1 is 1.22 bits per heavy atom. The maximum Gasteiger partial charge on any atom is 0.416 e. The molecule has 0 saturated carbocycles. The molecule has 2 nitrogen and oxygen atoms in total. The number of piperazine rings is 1. The Bertz CT molecular complexity index is 378. The maximum atomic E-state index is 12.4. The molecule has 6 heteroatoms. The predicted molar refractivity (Wildman–Crippen MR) is 68.4 cm³/mol. The normalized spacial score (nSPS) is 20.4. The lowest BCUT2D eigenvalue weighted by atomic mass is 10.1. The van der Waals surface area contributed by atoms with Gasteiger partial charge in [0, 0.05) is 31.4 Å². The lowest BCUT2D eigenvalue weighted by Crippen LogP contribution is -2.49. The summed E-state index contributed by atoms with van der Waals surface area (Å²) in [7, 11) is 0. The number of nitrogens with zero attached hydrogens (tertiary/aromatic N) is 1. The fourth-order valence-electron chi connectivity index (χ4n) is 2.07. The Morgan fingerprint density at radius 3 is 2.33 bits per heavy atom. The van der Waals surface area contributed by atoms with Gasteiger partial charge in [-0.2, -0.15) is 13.2 Å². The van der Waals surface area contributed by atoms with Gasteiger partial charge in [-0.25, -0.2) is 0 Å². The van der Waals surface area contributed by atoms with Crippen molar-refractivity contribution in [3.63, 3.8) is 0 Å². The molecule has 1 aliphatic rings. The zero-order valence-electron chi connectivity index (χ0n) is 10.00. The van der Waals surface area contributed by atoms with Crippen molar-refractivity contribution in [1.82, 2.24) is 5.32 Å². The number of nitrogens with one attached hydrogen (secondary N) is 1. The van der Waals surface area contributed by atoms with Crippen molar-refractivity contribution in [2.75, 3.05) is 24.5 Å². The van der Waals surface area contributed by atoms with Gasteiger partial charge in [-0.05, 0) is 31.2 Å². The molecule has 1 N–H and O–H groups in total. The van der Waals surface area contributed by atoms with Gasteiger partial charge in [-0.1, -0.05) is 0 Å². The van der Waals surface area contributed by atoms with Gasteiger partial charge < -0.3 is 10.2 Å². The van der Waals surface area contributed by atoms with Crippen molar-refractivity contribution in [1.29, 1.82) is 0 Å². The molecular formula is C12H16ClF3N2. The Balaban J connectivity index is 0.00000162. The molecule has 18 heavy (non-hydrogen) atoms. The summed E-state index contributed by atoms with van der Waals surface area (Å²) in [6.07, 6.45) is -4.26. The van der Waals surface area contributed by atoms with Crippen LogP contribution < -0.4 is 10.2 Å². The molecule has 1 aliphatic heterocycles. The molecule has 0 radical (unpaired) electrons. The van der Waals surface area contributed by atoms with E-state index in [1.165, 1.54) is 0 Å². The van der Waals surface area contributed by atoms with Crippen LogP contribution in [0.4, 0.5) is 18.9 Å². The molecule has 0 unspecified atom stereocenters. The van der Waals surface area contributed by atoms with E-state index >= 15 is 0 Å². The lowest BCUT2D eigenvalue weighted by Gasteiger charge is -2.36. The summed E-state index contributed by atoms with van der Waals surface area (Å²) in [6, 6.07) is 5.68. The summed E-state index contributed by atoms with van der Waals surface area (Å²) in [5, 5.41) is 3.25. The number of rotatable bonds is 1. The third-order valence-corrected chi connectivity index (χ3v) is 3.03. The minimum atomic E-state index is -4.26. The Morgan fingerprint density at radius 2 is 1.83 bits per heavy atom. The topological polar surface area (TPSA) is 15.3 Å². The molecule has 1 aromatic rings. The van der Waals surface area contributed by atoms with Crippen molar-refractivity contribution in [3.8, 4) is 0 Å². The number of hydrogen-bond acceptors (Lipinski definition) is 2. The van der Waals surface area contributed by atoms with Crippen molar-refractivity contribution < 1.29 is 13.2 Å². The van der Waals surface area contributed by atoms with Gasteiger partial charge in [-0.15, -0.1) is 12.4 Å². The molecule has 0 amide bonds. The molecule has 0 bridgehead atoms. The van der Waals surface area contributed by atoms with E-state index < -0.39 is 11.7 Å². The molecule has 1 fully saturated rings. The second-order valence-corrected chi connectivity index (χ2v) is 4.29. The van der Waals surface area contributed by atoms with Gasteiger partial charge in [0.2, 0.25) is 0 Å². The molecular weight excluding hydrogens is 265 g/mol. The molecule has 1 atom stereocenters. The molecule has 0 aliphatic carbocycles. The molecule has 1 heterocycles. The van der Waals surface area contributed by atoms with E-state index in [0.29, 0.717) is 6.04 Å². The first-order valence-corrected chi connectivity index (χ1v) is 5.63. The highest BCUT2D eigenvalue weighted by molar-refractivity contribution is 5.85. The Hall–Kier alpha value is -0.940. The number of alkyl halides is 3. The first-order valence-electron chi connectivity index (χ1n) is 5.63. The van der Waals surface area contributed by atoms with Gasteiger partial charge >= 0.3 is 6.18 Å². The van der Waals surface area contributed by atoms with Crippen molar-refractivity contribution in [3.05, 3.63) is 29.8 Å². The standard InChI is InChI=1S/C12H15F3N2.ClH/c1-9-8-16-6-7-17(9)11-4-2-10(3-5-11)12(13,14)15;/h2-5,9,16H,6-8H2,1H3;1H/t9-;/m1./s1. The third-order valence-electron chi connectivity index (χ3n) is 3.03. The van der Waals surface area contributed by atoms with Gasteiger partial charge in [0.05, 0.1) is 5.56 Å². The van der Waals surface area contributed by atoms with Crippen LogP contribution in [0.25, 0.3) is 0 Å². The smallest absolute Gasteiger partial charge is 0.366 e. The quantitative estimate of drug-likeness (QED) is 0.851. The number of anilines is 1. The van der Waals surface area contributed by atoms with Crippen LogP contribution in [-0.4, -0.2) is 25.7 Å². The fraction of sp³-hybridized carbons (Fsp3) is 0.500. The summed E-state index contributed by atoms with van der Waals surface area (Å²) < 4.78 is 37.2. The lowest BCUT2D eigenvalue weighted by molar-refractivity contribution is -0.137. The summed E-state index contributed by atoms with van der Waals surface area (Å²) in [5.74, 6) is 0. The van der Waals surface area contributed by atoms with Gasteiger partial charge in [-0.3, -0.25) is 0 Å². The van der Waals surface area contributed by atoms with E-state index in [-0.39, 0.29) is 12.4 Å². The first-order chi connectivity index (χ1) is 7.98. The van der Waals surface area contributed by atoms with E-state index in [4.69, 9.17) is 0 Å². The molecule has 2 rings (SSSR count). The van der Waals surface area contributed by atoms with Crippen LogP contribution in [0, 0.1) is 0 Å². The summed E-state index contributed by atoms with van der Waals surface area (Å²) in [5.41, 5.74) is 0.260. The van der Waals surface area contributed by atoms with E-state index in [1.54, 1.807) is 12.1 Å². The number of benzene rings is 1. The van der Waals surface area contributed by atoms with Crippen LogP contribution in [0.5, 0.6) is 0 Å². The maximum absolute atomic E-state index is 12.4. The van der Waals surface area contributed by atoms with Crippen molar-refractivity contribution in [2.24, 2.45) is 0 Å². The van der Waals surface area contributed by atoms with E-state index in [0.717, 1.165) is 37.5 Å². The average Bonchev–Trinajstić information content (AvgIpc) is 2.29. The highest BCUT2D eigenvalue weighted by Gasteiger charge is 2.30. The zero-order chi connectivity index (χ0) is 12.5. The minimum absolute atomic E-state index is 0. The second kappa shape index (κ2) is 5.80. The van der Waals surface area contributed by atoms with Crippen LogP contribution >= 0.6 is 12.4 Å². The van der Waals surface area contributed by atoms with E-state index in [9.17, 15) is 13.2 Å². The highest BCUT2D eigenvalue weighted by Crippen LogP contribution is 2.30. The van der Waals surface area contributed by atoms with Gasteiger partial charge in [0.1, 0.15) is 0 Å². The highest BCUT2D eigenvalue weighted by atomic mass is 35.5.